The molecule has 0 radical (unpaired) electrons. The van der Waals surface area contributed by atoms with E-state index >= 15 is 0 Å². The molecule has 3 aliphatic heterocycles. The van der Waals surface area contributed by atoms with E-state index in [-0.39, 0.29) is 0 Å². The van der Waals surface area contributed by atoms with Gasteiger partial charge in [0.2, 0.25) is 0 Å². The van der Waals surface area contributed by atoms with Crippen molar-refractivity contribution in [1.82, 2.24) is 10.4 Å². The number of hydrogen-bond donors (Lipinski definition) is 3. The zero-order valence-electron chi connectivity index (χ0n) is 12.9. The van der Waals surface area contributed by atoms with Crippen LogP contribution in [0.25, 0.3) is 0 Å². The number of carboxylic acid groups (broad SMARTS) is 1. The van der Waals surface area contributed by atoms with Gasteiger partial charge in [0.25, 0.3) is 0 Å². The largest absolute Gasteiger partial charge is 0.490 e. The third kappa shape index (κ3) is 5.50. The second-order valence-electron chi connectivity index (χ2n) is 5.29. The molecule has 3 rings (SSSR count). The fourth-order valence-electron chi connectivity index (χ4n) is 2.19. The average molecular weight is 359 g/mol. The molecule has 0 unspecified atom stereocenters. The van der Waals surface area contributed by atoms with Gasteiger partial charge < -0.3 is 10.4 Å². The summed E-state index contributed by atoms with van der Waals surface area (Å²) < 4.78 is 31.7. The zero-order chi connectivity index (χ0) is 18.4. The smallest absolute Gasteiger partial charge is 0.475 e. The number of piperidine rings is 1. The Morgan fingerprint density at radius 1 is 1.20 bits per heavy atom. The van der Waals surface area contributed by atoms with Gasteiger partial charge in [-0.2, -0.15) is 13.2 Å². The van der Waals surface area contributed by atoms with Gasteiger partial charge in [-0.1, -0.05) is 0 Å². The van der Waals surface area contributed by atoms with Crippen molar-refractivity contribution in [3.05, 3.63) is 35.9 Å². The van der Waals surface area contributed by atoms with Crippen LogP contribution in [0.15, 0.2) is 51.2 Å². The van der Waals surface area contributed by atoms with Gasteiger partial charge in [-0.3, -0.25) is 5.21 Å². The number of halogens is 3. The summed E-state index contributed by atoms with van der Waals surface area (Å²) in [5.74, 6) is -0.872. The van der Waals surface area contributed by atoms with Gasteiger partial charge in [0.15, 0.2) is 11.7 Å². The molecule has 8 nitrogen and oxygen atoms in total. The number of alkyl halides is 3. The third-order valence-corrected chi connectivity index (χ3v) is 3.49. The van der Waals surface area contributed by atoms with E-state index in [9.17, 15) is 13.2 Å². The minimum Gasteiger partial charge on any atom is -0.475 e. The lowest BCUT2D eigenvalue weighted by molar-refractivity contribution is -0.192. The molecular weight excluding hydrogens is 343 g/mol. The summed E-state index contributed by atoms with van der Waals surface area (Å²) in [5, 5.41) is 28.9. The molecule has 0 spiro atoms. The number of carbonyl (C=O) groups is 1. The molecule has 11 heteroatoms. The van der Waals surface area contributed by atoms with E-state index in [1.165, 1.54) is 0 Å². The third-order valence-electron chi connectivity index (χ3n) is 3.49. The molecule has 136 valence electrons. The highest BCUT2D eigenvalue weighted by Crippen LogP contribution is 2.25. The van der Waals surface area contributed by atoms with Crippen LogP contribution < -0.4 is 5.32 Å². The van der Waals surface area contributed by atoms with Gasteiger partial charge >= 0.3 is 12.1 Å². The summed E-state index contributed by atoms with van der Waals surface area (Å²) in [6.07, 6.45) is 3.69. The Bertz CT molecular complexity index is 645. The van der Waals surface area contributed by atoms with Crippen LogP contribution in [0.1, 0.15) is 12.8 Å². The Morgan fingerprint density at radius 2 is 1.76 bits per heavy atom. The van der Waals surface area contributed by atoms with Crippen molar-refractivity contribution in [3.8, 4) is 0 Å². The fourth-order valence-corrected chi connectivity index (χ4v) is 2.19. The monoisotopic (exact) mass is 359 g/mol. The number of nitrogens with zero attached hydrogens (tertiary/aromatic N) is 4. The van der Waals surface area contributed by atoms with Crippen LogP contribution in [-0.2, 0) is 4.79 Å². The molecule has 0 aromatic carbocycles. The molecule has 0 aromatic rings. The molecule has 25 heavy (non-hydrogen) atoms. The van der Waals surface area contributed by atoms with Gasteiger partial charge in [0, 0.05) is 23.9 Å². The number of rotatable bonds is 1. The molecule has 0 amide bonds. The van der Waals surface area contributed by atoms with E-state index in [0.29, 0.717) is 11.7 Å². The number of amidine groups is 1. The molecule has 0 bridgehead atoms. The van der Waals surface area contributed by atoms with Crippen molar-refractivity contribution in [2.75, 3.05) is 13.1 Å². The topological polar surface area (TPSA) is 110 Å². The molecule has 3 aliphatic rings. The normalized spacial score (nSPS) is 20.5. The van der Waals surface area contributed by atoms with Crippen molar-refractivity contribution in [1.29, 1.82) is 0 Å². The second kappa shape index (κ2) is 8.03. The lowest BCUT2D eigenvalue weighted by atomic mass is 9.97. The molecule has 0 aromatic heterocycles. The van der Waals surface area contributed by atoms with Crippen LogP contribution in [0.2, 0.25) is 0 Å². The van der Waals surface area contributed by atoms with Crippen LogP contribution in [0.4, 0.5) is 13.2 Å². The van der Waals surface area contributed by atoms with E-state index in [1.54, 1.807) is 24.6 Å². The van der Waals surface area contributed by atoms with Crippen LogP contribution in [0, 0.1) is 5.92 Å². The van der Waals surface area contributed by atoms with E-state index in [2.05, 4.69) is 20.5 Å². The first-order valence-electron chi connectivity index (χ1n) is 7.36. The summed E-state index contributed by atoms with van der Waals surface area (Å²) in [4.78, 5) is 13.4. The quantitative estimate of drug-likeness (QED) is 0.666. The second-order valence-corrected chi connectivity index (χ2v) is 5.29. The molecule has 0 aliphatic carbocycles. The Morgan fingerprint density at radius 3 is 2.28 bits per heavy atom. The Kier molecular flexibility index (Phi) is 6.04. The molecule has 0 saturated carbocycles. The van der Waals surface area contributed by atoms with Crippen LogP contribution >= 0.6 is 0 Å². The number of hydrogen-bond acceptors (Lipinski definition) is 7. The number of azo groups is 1. The Balaban J connectivity index is 0.000000277. The number of nitrogens with one attached hydrogen (secondary N) is 1. The average Bonchev–Trinajstić information content (AvgIpc) is 3.06. The molecule has 1 saturated heterocycles. The van der Waals surface area contributed by atoms with Crippen molar-refractivity contribution in [3.63, 3.8) is 0 Å². The minimum absolute atomic E-state index is 0.416. The van der Waals surface area contributed by atoms with Crippen LogP contribution in [0.3, 0.4) is 0 Å². The summed E-state index contributed by atoms with van der Waals surface area (Å²) in [6.45, 7) is 2.04. The standard InChI is InChI=1S/C12H15N5O.C2HF3O2/c18-17-7-3-10(4-8-17)12-14-11(15-16-12)9-1-5-13-6-2-9;3-2(4,5)1(6)7/h3-4,7-9,13,18H,1-2,5-6H2;(H,6,7). The summed E-state index contributed by atoms with van der Waals surface area (Å²) in [6, 6.07) is 0. The van der Waals surface area contributed by atoms with Gasteiger partial charge in [0.05, 0.1) is 0 Å². The van der Waals surface area contributed by atoms with Crippen molar-refractivity contribution in [2.24, 2.45) is 21.1 Å². The van der Waals surface area contributed by atoms with Crippen molar-refractivity contribution >= 4 is 11.8 Å². The molecule has 3 heterocycles. The predicted molar refractivity (Wildman–Crippen MR) is 80.5 cm³/mol. The maximum absolute atomic E-state index is 10.6. The first-order chi connectivity index (χ1) is 11.8. The molecule has 1 fully saturated rings. The van der Waals surface area contributed by atoms with E-state index in [4.69, 9.17) is 15.1 Å². The number of aliphatic carboxylic acids is 1. The first-order valence-corrected chi connectivity index (χ1v) is 7.36. The van der Waals surface area contributed by atoms with E-state index in [0.717, 1.165) is 42.4 Å². The summed E-state index contributed by atoms with van der Waals surface area (Å²) >= 11 is 0. The highest BCUT2D eigenvalue weighted by molar-refractivity contribution is 5.87. The highest BCUT2D eigenvalue weighted by atomic mass is 19.4. The Hall–Kier alpha value is -2.53. The molecule has 0 atom stereocenters. The van der Waals surface area contributed by atoms with Gasteiger partial charge in [-0.25, -0.2) is 14.9 Å². The van der Waals surface area contributed by atoms with Crippen LogP contribution in [0.5, 0.6) is 0 Å². The number of carboxylic acids is 1. The highest BCUT2D eigenvalue weighted by Gasteiger charge is 2.38. The Labute approximate surface area is 140 Å². The van der Waals surface area contributed by atoms with Crippen molar-refractivity contribution < 1.29 is 28.3 Å². The zero-order valence-corrected chi connectivity index (χ0v) is 12.9. The molecular formula is C14H16F3N5O3. The van der Waals surface area contributed by atoms with E-state index in [1.807, 2.05) is 0 Å². The number of hydroxylamine groups is 2. The van der Waals surface area contributed by atoms with E-state index < -0.39 is 12.1 Å². The SMILES string of the molecule is O=C(O)C(F)(F)F.ON1C=CC(=C2N=NC(C3CCNCC3)=N2)C=C1. The number of aliphatic imine (C=N–C) groups is 1. The maximum atomic E-state index is 10.6. The summed E-state index contributed by atoms with van der Waals surface area (Å²) in [7, 11) is 0. The van der Waals surface area contributed by atoms with Crippen LogP contribution in [-0.4, -0.2) is 46.4 Å². The fraction of sp³-hybridized carbons (Fsp3) is 0.429. The predicted octanol–water partition coefficient (Wildman–Crippen LogP) is 2.43. The van der Waals surface area contributed by atoms with Crippen molar-refractivity contribution in [2.45, 2.75) is 19.0 Å². The lowest BCUT2D eigenvalue weighted by Gasteiger charge is -2.20. The summed E-state index contributed by atoms with van der Waals surface area (Å²) in [5.41, 5.74) is 0.869. The van der Waals surface area contributed by atoms with Gasteiger partial charge in [-0.05, 0) is 38.1 Å². The van der Waals surface area contributed by atoms with Gasteiger partial charge in [-0.15, -0.1) is 10.2 Å². The van der Waals surface area contributed by atoms with Gasteiger partial charge in [0.1, 0.15) is 0 Å². The first kappa shape index (κ1) is 18.8. The lowest BCUT2D eigenvalue weighted by Crippen LogP contribution is -2.30. The minimum atomic E-state index is -5.08. The molecule has 3 N–H and O–H groups in total. The number of allylic oxidation sites excluding steroid dienone is 3. The maximum Gasteiger partial charge on any atom is 0.490 e.